The van der Waals surface area contributed by atoms with Crippen LogP contribution in [-0.4, -0.2) is 0 Å². The highest BCUT2D eigenvalue weighted by Crippen LogP contribution is 2.40. The van der Waals surface area contributed by atoms with Crippen LogP contribution in [0.15, 0.2) is 60.7 Å². The summed E-state index contributed by atoms with van der Waals surface area (Å²) in [6.07, 6.45) is -2.57. The van der Waals surface area contributed by atoms with Gasteiger partial charge in [0.2, 0.25) is 5.67 Å². The van der Waals surface area contributed by atoms with E-state index in [-0.39, 0.29) is 12.0 Å². The standard InChI is InChI=1S/C15H12F3/c16-14(17)15(18,13-9-5-2-6-10-13)11-12-7-3-1-4-8-12/h1-10H,11H2. The molecule has 0 fully saturated rings. The Balaban J connectivity index is 2.34. The van der Waals surface area contributed by atoms with Crippen molar-refractivity contribution in [1.29, 1.82) is 0 Å². The third kappa shape index (κ3) is 2.55. The first-order valence-corrected chi connectivity index (χ1v) is 5.60. The summed E-state index contributed by atoms with van der Waals surface area (Å²) in [5.74, 6) is 0. The second-order valence-electron chi connectivity index (χ2n) is 4.09. The molecule has 1 atom stereocenters. The monoisotopic (exact) mass is 249 g/mol. The van der Waals surface area contributed by atoms with Crippen LogP contribution >= 0.6 is 0 Å². The van der Waals surface area contributed by atoms with Crippen molar-refractivity contribution in [3.63, 3.8) is 0 Å². The van der Waals surface area contributed by atoms with E-state index in [9.17, 15) is 13.2 Å². The molecule has 2 aromatic carbocycles. The summed E-state index contributed by atoms with van der Waals surface area (Å²) < 4.78 is 40.5. The lowest BCUT2D eigenvalue weighted by molar-refractivity contribution is 0.0530. The maximum absolute atomic E-state index is 14.5. The zero-order valence-electron chi connectivity index (χ0n) is 9.61. The van der Waals surface area contributed by atoms with E-state index in [1.54, 1.807) is 48.5 Å². The van der Waals surface area contributed by atoms with E-state index in [4.69, 9.17) is 0 Å². The van der Waals surface area contributed by atoms with Crippen LogP contribution in [0.25, 0.3) is 0 Å². The molecule has 0 spiro atoms. The topological polar surface area (TPSA) is 0 Å². The lowest BCUT2D eigenvalue weighted by Gasteiger charge is -2.23. The molecule has 0 nitrogen and oxygen atoms in total. The molecule has 3 heteroatoms. The molecule has 0 aliphatic rings. The molecule has 0 N–H and O–H groups in total. The highest BCUT2D eigenvalue weighted by Gasteiger charge is 2.44. The first kappa shape index (κ1) is 12.7. The molecule has 1 unspecified atom stereocenters. The van der Waals surface area contributed by atoms with Gasteiger partial charge >= 0.3 is 6.43 Å². The maximum atomic E-state index is 14.5. The molecule has 2 aromatic rings. The van der Waals surface area contributed by atoms with E-state index in [0.717, 1.165) is 0 Å². The van der Waals surface area contributed by atoms with E-state index in [2.05, 4.69) is 0 Å². The largest absolute Gasteiger partial charge is 0.351 e. The van der Waals surface area contributed by atoms with Crippen molar-refractivity contribution in [3.05, 3.63) is 78.2 Å². The van der Waals surface area contributed by atoms with Crippen LogP contribution in [0.4, 0.5) is 13.2 Å². The molecule has 0 bridgehead atoms. The van der Waals surface area contributed by atoms with Crippen molar-refractivity contribution < 1.29 is 13.2 Å². The van der Waals surface area contributed by atoms with Crippen molar-refractivity contribution >= 4 is 0 Å². The number of benzene rings is 2. The third-order valence-corrected chi connectivity index (χ3v) is 2.82. The molecule has 0 aromatic heterocycles. The second-order valence-corrected chi connectivity index (χ2v) is 4.09. The van der Waals surface area contributed by atoms with Crippen LogP contribution in [-0.2, 0) is 12.1 Å². The SMILES string of the molecule is F[C](F)C(F)(Cc1ccccc1)c1ccccc1. The normalized spacial score (nSPS) is 14.4. The molecular weight excluding hydrogens is 237 g/mol. The summed E-state index contributed by atoms with van der Waals surface area (Å²) in [4.78, 5) is 0. The third-order valence-electron chi connectivity index (χ3n) is 2.82. The van der Waals surface area contributed by atoms with Crippen LogP contribution in [0, 0.1) is 6.43 Å². The summed E-state index contributed by atoms with van der Waals surface area (Å²) in [6.45, 7) is 0. The highest BCUT2D eigenvalue weighted by molar-refractivity contribution is 5.30. The van der Waals surface area contributed by atoms with Crippen LogP contribution in [0.5, 0.6) is 0 Å². The molecule has 0 aliphatic heterocycles. The molecule has 18 heavy (non-hydrogen) atoms. The minimum atomic E-state index is -2.72. The zero-order valence-corrected chi connectivity index (χ0v) is 9.61. The molecule has 2 rings (SSSR count). The molecule has 0 heterocycles. The van der Waals surface area contributed by atoms with Crippen molar-refractivity contribution in [2.75, 3.05) is 0 Å². The van der Waals surface area contributed by atoms with Crippen molar-refractivity contribution in [1.82, 2.24) is 0 Å². The van der Waals surface area contributed by atoms with Crippen molar-refractivity contribution in [2.45, 2.75) is 12.1 Å². The Morgan fingerprint density at radius 1 is 0.833 bits per heavy atom. The first-order chi connectivity index (χ1) is 8.63. The van der Waals surface area contributed by atoms with Gasteiger partial charge in [-0.25, -0.2) is 4.39 Å². The fraction of sp³-hybridized carbons (Fsp3) is 0.133. The average Bonchev–Trinajstić information content (AvgIpc) is 2.40. The van der Waals surface area contributed by atoms with Gasteiger partial charge in [0.05, 0.1) is 0 Å². The van der Waals surface area contributed by atoms with Crippen LogP contribution in [0.1, 0.15) is 11.1 Å². The Hall–Kier alpha value is -1.77. The lowest BCUT2D eigenvalue weighted by atomic mass is 9.89. The minimum Gasteiger partial charge on any atom is -0.231 e. The van der Waals surface area contributed by atoms with Crippen molar-refractivity contribution in [3.8, 4) is 0 Å². The van der Waals surface area contributed by atoms with E-state index in [1.165, 1.54) is 12.1 Å². The minimum absolute atomic E-state index is 0.0196. The van der Waals surface area contributed by atoms with Gasteiger partial charge in [0, 0.05) is 6.42 Å². The van der Waals surface area contributed by atoms with Gasteiger partial charge < -0.3 is 0 Å². The van der Waals surface area contributed by atoms with Gasteiger partial charge in [0.1, 0.15) is 0 Å². The van der Waals surface area contributed by atoms with E-state index in [1.807, 2.05) is 0 Å². The highest BCUT2D eigenvalue weighted by atomic mass is 19.3. The second kappa shape index (κ2) is 5.25. The first-order valence-electron chi connectivity index (χ1n) is 5.60. The number of hydrogen-bond donors (Lipinski definition) is 0. The Labute approximate surface area is 104 Å². The smallest absolute Gasteiger partial charge is 0.231 e. The summed E-state index contributed by atoms with van der Waals surface area (Å²) >= 11 is 0. The van der Waals surface area contributed by atoms with Gasteiger partial charge in [0.15, 0.2) is 0 Å². The Kier molecular flexibility index (Phi) is 3.70. The molecule has 0 saturated carbocycles. The molecule has 0 aliphatic carbocycles. The van der Waals surface area contributed by atoms with E-state index >= 15 is 0 Å². The van der Waals surface area contributed by atoms with Gasteiger partial charge in [0.25, 0.3) is 0 Å². The van der Waals surface area contributed by atoms with Gasteiger partial charge in [-0.2, -0.15) is 8.78 Å². The van der Waals surface area contributed by atoms with Crippen LogP contribution in [0.3, 0.4) is 0 Å². The molecular formula is C15H12F3. The number of halogens is 3. The van der Waals surface area contributed by atoms with Crippen LogP contribution in [0.2, 0.25) is 0 Å². The predicted molar refractivity (Wildman–Crippen MR) is 64.8 cm³/mol. The van der Waals surface area contributed by atoms with E-state index in [0.29, 0.717) is 5.56 Å². The fourth-order valence-electron chi connectivity index (χ4n) is 1.86. The summed E-state index contributed by atoms with van der Waals surface area (Å²) in [7, 11) is 0. The Morgan fingerprint density at radius 2 is 1.33 bits per heavy atom. The maximum Gasteiger partial charge on any atom is 0.351 e. The zero-order chi connectivity index (χ0) is 13.0. The van der Waals surface area contributed by atoms with Crippen molar-refractivity contribution in [2.24, 2.45) is 0 Å². The fourth-order valence-corrected chi connectivity index (χ4v) is 1.86. The van der Waals surface area contributed by atoms with Crippen LogP contribution < -0.4 is 0 Å². The van der Waals surface area contributed by atoms with Gasteiger partial charge in [-0.15, -0.1) is 0 Å². The molecule has 0 amide bonds. The van der Waals surface area contributed by atoms with Gasteiger partial charge in [-0.3, -0.25) is 0 Å². The number of alkyl halides is 1. The predicted octanol–water partition coefficient (Wildman–Crippen LogP) is 4.52. The number of rotatable bonds is 4. The average molecular weight is 249 g/mol. The summed E-state index contributed by atoms with van der Waals surface area (Å²) in [5, 5.41) is 0. The number of hydrogen-bond acceptors (Lipinski definition) is 0. The molecule has 1 radical (unpaired) electrons. The summed E-state index contributed by atoms with van der Waals surface area (Å²) in [5.41, 5.74) is -2.20. The summed E-state index contributed by atoms with van der Waals surface area (Å²) in [6, 6.07) is 16.0. The Bertz CT molecular complexity index is 482. The lowest BCUT2D eigenvalue weighted by Crippen LogP contribution is -2.27. The molecule has 0 saturated heterocycles. The van der Waals surface area contributed by atoms with Gasteiger partial charge in [-0.1, -0.05) is 60.7 Å². The Morgan fingerprint density at radius 3 is 1.83 bits per heavy atom. The van der Waals surface area contributed by atoms with E-state index < -0.39 is 12.1 Å². The molecule has 93 valence electrons. The van der Waals surface area contributed by atoms with Gasteiger partial charge in [-0.05, 0) is 11.1 Å². The quantitative estimate of drug-likeness (QED) is 0.747.